The molecule has 0 aromatic heterocycles. The summed E-state index contributed by atoms with van der Waals surface area (Å²) in [6, 6.07) is 7.81. The van der Waals surface area contributed by atoms with E-state index in [2.05, 4.69) is 6.92 Å². The van der Waals surface area contributed by atoms with E-state index in [1.54, 1.807) is 0 Å². The van der Waals surface area contributed by atoms with Gasteiger partial charge in [0, 0.05) is 16.8 Å². The van der Waals surface area contributed by atoms with E-state index in [1.165, 1.54) is 19.3 Å². The summed E-state index contributed by atoms with van der Waals surface area (Å²) in [5.74, 6) is 0.0138. The van der Waals surface area contributed by atoms with Crippen molar-refractivity contribution in [2.24, 2.45) is 5.92 Å². The van der Waals surface area contributed by atoms with Gasteiger partial charge in [0.05, 0.1) is 0 Å². The molecule has 3 nitrogen and oxygen atoms in total. The number of anilines is 1. The standard InChI is InChI=1S/C16H22ClNO2/c1-2-12-6-8-14(9-7-12)18(11-16(19)20)15-5-3-4-13(17)10-15/h3-5,10,12,14H,2,6-9,11H2,1H3,(H,19,20). The van der Waals surface area contributed by atoms with Crippen LogP contribution in [0.1, 0.15) is 39.0 Å². The second-order valence-electron chi connectivity index (χ2n) is 5.58. The van der Waals surface area contributed by atoms with Crippen LogP contribution in [-0.2, 0) is 4.79 Å². The molecule has 0 radical (unpaired) electrons. The van der Waals surface area contributed by atoms with Crippen molar-refractivity contribution in [3.8, 4) is 0 Å². The largest absolute Gasteiger partial charge is 0.480 e. The maximum atomic E-state index is 11.2. The number of aliphatic carboxylic acids is 1. The Balaban J connectivity index is 2.14. The Bertz CT molecular complexity index is 456. The number of rotatable bonds is 5. The molecule has 4 heteroatoms. The monoisotopic (exact) mass is 295 g/mol. The van der Waals surface area contributed by atoms with Crippen molar-refractivity contribution < 1.29 is 9.90 Å². The summed E-state index contributed by atoms with van der Waals surface area (Å²) in [5.41, 5.74) is 0.917. The van der Waals surface area contributed by atoms with Crippen molar-refractivity contribution in [1.29, 1.82) is 0 Å². The number of carbonyl (C=O) groups is 1. The Morgan fingerprint density at radius 3 is 2.60 bits per heavy atom. The minimum atomic E-state index is -0.789. The lowest BCUT2D eigenvalue weighted by atomic mass is 9.84. The predicted octanol–water partition coefficient (Wildman–Crippen LogP) is 4.20. The maximum Gasteiger partial charge on any atom is 0.323 e. The van der Waals surface area contributed by atoms with Crippen LogP contribution in [-0.4, -0.2) is 23.7 Å². The molecule has 0 bridgehead atoms. The van der Waals surface area contributed by atoms with Crippen LogP contribution < -0.4 is 4.90 Å². The Hall–Kier alpha value is -1.22. The van der Waals surface area contributed by atoms with Crippen molar-refractivity contribution in [2.75, 3.05) is 11.4 Å². The third-order valence-corrected chi connectivity index (χ3v) is 4.51. The van der Waals surface area contributed by atoms with Gasteiger partial charge in [0.1, 0.15) is 6.54 Å². The van der Waals surface area contributed by atoms with Crippen LogP contribution >= 0.6 is 11.6 Å². The summed E-state index contributed by atoms with van der Waals surface area (Å²) in [6.07, 6.45) is 5.75. The van der Waals surface area contributed by atoms with Gasteiger partial charge in [-0.05, 0) is 49.8 Å². The quantitative estimate of drug-likeness (QED) is 0.885. The van der Waals surface area contributed by atoms with Gasteiger partial charge in [-0.3, -0.25) is 4.79 Å². The number of nitrogens with zero attached hydrogens (tertiary/aromatic N) is 1. The summed E-state index contributed by atoms with van der Waals surface area (Å²) in [6.45, 7) is 2.28. The van der Waals surface area contributed by atoms with Gasteiger partial charge in [0.25, 0.3) is 0 Å². The van der Waals surface area contributed by atoms with E-state index in [0.29, 0.717) is 11.1 Å². The zero-order valence-corrected chi connectivity index (χ0v) is 12.6. The number of hydrogen-bond donors (Lipinski definition) is 1. The molecule has 1 fully saturated rings. The van der Waals surface area contributed by atoms with E-state index in [1.807, 2.05) is 29.2 Å². The Kier molecular flexibility index (Phi) is 5.30. The smallest absolute Gasteiger partial charge is 0.323 e. The lowest BCUT2D eigenvalue weighted by Gasteiger charge is -2.37. The fourth-order valence-electron chi connectivity index (χ4n) is 3.10. The normalized spacial score (nSPS) is 22.5. The van der Waals surface area contributed by atoms with Crippen molar-refractivity contribution in [2.45, 2.75) is 45.1 Å². The van der Waals surface area contributed by atoms with Gasteiger partial charge in [-0.1, -0.05) is 31.0 Å². The number of hydrogen-bond acceptors (Lipinski definition) is 2. The summed E-state index contributed by atoms with van der Waals surface area (Å²) in [4.78, 5) is 13.2. The van der Waals surface area contributed by atoms with Crippen molar-refractivity contribution in [3.63, 3.8) is 0 Å². The van der Waals surface area contributed by atoms with Crippen LogP contribution in [0.15, 0.2) is 24.3 Å². The van der Waals surface area contributed by atoms with Gasteiger partial charge in [-0.15, -0.1) is 0 Å². The highest BCUT2D eigenvalue weighted by Gasteiger charge is 2.26. The molecular weight excluding hydrogens is 274 g/mol. The summed E-state index contributed by atoms with van der Waals surface area (Å²) in [7, 11) is 0. The van der Waals surface area contributed by atoms with E-state index in [0.717, 1.165) is 24.4 Å². The number of carboxylic acid groups (broad SMARTS) is 1. The minimum absolute atomic E-state index is 0.0435. The zero-order valence-electron chi connectivity index (χ0n) is 11.9. The molecule has 0 saturated heterocycles. The first kappa shape index (κ1) is 15.2. The molecule has 0 atom stereocenters. The molecular formula is C16H22ClNO2. The number of carboxylic acids is 1. The highest BCUT2D eigenvalue weighted by molar-refractivity contribution is 6.30. The van der Waals surface area contributed by atoms with Crippen LogP contribution in [0.25, 0.3) is 0 Å². The molecule has 0 unspecified atom stereocenters. The molecule has 1 N–H and O–H groups in total. The Morgan fingerprint density at radius 2 is 2.05 bits per heavy atom. The first-order valence-electron chi connectivity index (χ1n) is 7.34. The first-order chi connectivity index (χ1) is 9.60. The SMILES string of the molecule is CCC1CCC(N(CC(=O)O)c2cccc(Cl)c2)CC1. The van der Waals surface area contributed by atoms with Crippen molar-refractivity contribution >= 4 is 23.3 Å². The highest BCUT2D eigenvalue weighted by atomic mass is 35.5. The molecule has 1 aliphatic rings. The topological polar surface area (TPSA) is 40.5 Å². The molecule has 1 aromatic carbocycles. The zero-order chi connectivity index (χ0) is 14.5. The van der Waals surface area contributed by atoms with Crippen molar-refractivity contribution in [3.05, 3.63) is 29.3 Å². The molecule has 2 rings (SSSR count). The lowest BCUT2D eigenvalue weighted by Crippen LogP contribution is -2.41. The average molecular weight is 296 g/mol. The van der Waals surface area contributed by atoms with E-state index >= 15 is 0 Å². The maximum absolute atomic E-state index is 11.2. The van der Waals surface area contributed by atoms with Gasteiger partial charge in [-0.25, -0.2) is 0 Å². The van der Waals surface area contributed by atoms with Crippen LogP contribution in [0.5, 0.6) is 0 Å². The molecule has 0 aliphatic heterocycles. The third-order valence-electron chi connectivity index (χ3n) is 4.28. The van der Waals surface area contributed by atoms with Crippen LogP contribution in [0.4, 0.5) is 5.69 Å². The molecule has 20 heavy (non-hydrogen) atoms. The summed E-state index contributed by atoms with van der Waals surface area (Å²) in [5, 5.41) is 9.82. The molecule has 0 spiro atoms. The second-order valence-corrected chi connectivity index (χ2v) is 6.02. The van der Waals surface area contributed by atoms with E-state index < -0.39 is 5.97 Å². The second kappa shape index (κ2) is 6.98. The molecule has 0 amide bonds. The Labute approximate surface area is 125 Å². The van der Waals surface area contributed by atoms with Gasteiger partial charge >= 0.3 is 5.97 Å². The predicted molar refractivity (Wildman–Crippen MR) is 82.5 cm³/mol. The summed E-state index contributed by atoms with van der Waals surface area (Å²) >= 11 is 6.04. The van der Waals surface area contributed by atoms with Gasteiger partial charge in [0.15, 0.2) is 0 Å². The average Bonchev–Trinajstić information content (AvgIpc) is 2.45. The van der Waals surface area contributed by atoms with E-state index in [9.17, 15) is 4.79 Å². The number of benzene rings is 1. The molecule has 1 aromatic rings. The molecule has 1 aliphatic carbocycles. The fraction of sp³-hybridized carbons (Fsp3) is 0.562. The van der Waals surface area contributed by atoms with Crippen LogP contribution in [0.3, 0.4) is 0 Å². The first-order valence-corrected chi connectivity index (χ1v) is 7.72. The highest BCUT2D eigenvalue weighted by Crippen LogP contribution is 2.32. The lowest BCUT2D eigenvalue weighted by molar-refractivity contribution is -0.135. The van der Waals surface area contributed by atoms with E-state index in [4.69, 9.17) is 16.7 Å². The van der Waals surface area contributed by atoms with E-state index in [-0.39, 0.29) is 6.54 Å². The molecule has 1 saturated carbocycles. The Morgan fingerprint density at radius 1 is 1.35 bits per heavy atom. The van der Waals surface area contributed by atoms with Crippen LogP contribution in [0, 0.1) is 5.92 Å². The minimum Gasteiger partial charge on any atom is -0.480 e. The molecule has 0 heterocycles. The third kappa shape index (κ3) is 3.89. The van der Waals surface area contributed by atoms with Gasteiger partial charge in [0.2, 0.25) is 0 Å². The van der Waals surface area contributed by atoms with Gasteiger partial charge in [-0.2, -0.15) is 0 Å². The van der Waals surface area contributed by atoms with Crippen LogP contribution in [0.2, 0.25) is 5.02 Å². The van der Waals surface area contributed by atoms with Gasteiger partial charge < -0.3 is 10.0 Å². The fourth-order valence-corrected chi connectivity index (χ4v) is 3.28. The number of halogens is 1. The van der Waals surface area contributed by atoms with Crippen molar-refractivity contribution in [1.82, 2.24) is 0 Å². The molecule has 110 valence electrons. The summed E-state index contributed by atoms with van der Waals surface area (Å²) < 4.78 is 0.